The van der Waals surface area contributed by atoms with Crippen molar-refractivity contribution in [3.63, 3.8) is 0 Å². The fourth-order valence-corrected chi connectivity index (χ4v) is 2.69. The van der Waals surface area contributed by atoms with E-state index >= 15 is 0 Å². The largest absolute Gasteiger partial charge is 0.465 e. The zero-order chi connectivity index (χ0) is 17.1. The lowest BCUT2D eigenvalue weighted by Crippen LogP contribution is -2.21. The number of pyridine rings is 2. The van der Waals surface area contributed by atoms with Crippen molar-refractivity contribution in [2.75, 3.05) is 7.11 Å². The van der Waals surface area contributed by atoms with E-state index in [1.165, 1.54) is 12.7 Å². The van der Waals surface area contributed by atoms with Crippen LogP contribution in [0.1, 0.15) is 21.6 Å². The summed E-state index contributed by atoms with van der Waals surface area (Å²) in [6.45, 7) is 2.30. The molecule has 0 unspecified atom stereocenters. The molecule has 0 atom stereocenters. The number of benzene rings is 1. The minimum absolute atomic E-state index is 0.152. The van der Waals surface area contributed by atoms with Gasteiger partial charge >= 0.3 is 5.97 Å². The van der Waals surface area contributed by atoms with Gasteiger partial charge in [-0.2, -0.15) is 0 Å². The van der Waals surface area contributed by atoms with E-state index in [-0.39, 0.29) is 5.56 Å². The van der Waals surface area contributed by atoms with Crippen molar-refractivity contribution in [2.45, 2.75) is 19.9 Å². The summed E-state index contributed by atoms with van der Waals surface area (Å²) in [7, 11) is 1.31. The average molecular weight is 322 g/mol. The van der Waals surface area contributed by atoms with Crippen LogP contribution in [0, 0.1) is 6.92 Å². The van der Waals surface area contributed by atoms with Crippen LogP contribution in [0.25, 0.3) is 10.9 Å². The van der Waals surface area contributed by atoms with Crippen LogP contribution >= 0.6 is 0 Å². The molecule has 0 amide bonds. The molecule has 5 heteroatoms. The van der Waals surface area contributed by atoms with E-state index in [2.05, 4.69) is 4.98 Å². The molecule has 0 saturated carbocycles. The molecule has 0 radical (unpaired) electrons. The standard InChI is InChI=1S/C19H18N2O3/c1-13-15(19(23)24-2)12-16-17(20-13)9-11-21(18(16)22)10-8-14-6-4-3-5-7-14/h3-7,9,11-12H,8,10H2,1-2H3. The van der Waals surface area contributed by atoms with Crippen LogP contribution in [0.15, 0.2) is 53.5 Å². The second-order valence-corrected chi connectivity index (χ2v) is 5.60. The Morgan fingerprint density at radius 2 is 1.96 bits per heavy atom. The number of nitrogens with zero attached hydrogens (tertiary/aromatic N) is 2. The van der Waals surface area contributed by atoms with Gasteiger partial charge in [-0.1, -0.05) is 30.3 Å². The Hall–Kier alpha value is -2.95. The molecule has 24 heavy (non-hydrogen) atoms. The van der Waals surface area contributed by atoms with Crippen LogP contribution < -0.4 is 5.56 Å². The van der Waals surface area contributed by atoms with Crippen molar-refractivity contribution in [3.8, 4) is 0 Å². The fraction of sp³-hybridized carbons (Fsp3) is 0.211. The van der Waals surface area contributed by atoms with Gasteiger partial charge in [0.05, 0.1) is 29.3 Å². The van der Waals surface area contributed by atoms with Crippen molar-refractivity contribution in [1.29, 1.82) is 0 Å². The Bertz CT molecular complexity index is 946. The molecule has 3 aromatic rings. The van der Waals surface area contributed by atoms with Crippen LogP contribution in [0.3, 0.4) is 0 Å². The minimum Gasteiger partial charge on any atom is -0.465 e. The van der Waals surface area contributed by atoms with Crippen LogP contribution in [0.4, 0.5) is 0 Å². The molecule has 0 saturated heterocycles. The van der Waals surface area contributed by atoms with E-state index in [0.717, 1.165) is 6.42 Å². The summed E-state index contributed by atoms with van der Waals surface area (Å²) in [5.41, 5.74) is 2.47. The van der Waals surface area contributed by atoms with Gasteiger partial charge in [0.1, 0.15) is 0 Å². The van der Waals surface area contributed by atoms with E-state index in [1.54, 1.807) is 29.8 Å². The summed E-state index contributed by atoms with van der Waals surface area (Å²) in [6, 6.07) is 13.4. The number of aromatic nitrogens is 2. The third kappa shape index (κ3) is 3.06. The molecule has 0 spiro atoms. The monoisotopic (exact) mass is 322 g/mol. The first-order valence-corrected chi connectivity index (χ1v) is 7.73. The summed E-state index contributed by atoms with van der Waals surface area (Å²) in [6.07, 6.45) is 2.51. The second-order valence-electron chi connectivity index (χ2n) is 5.60. The van der Waals surface area contributed by atoms with Gasteiger partial charge in [-0.15, -0.1) is 0 Å². The summed E-state index contributed by atoms with van der Waals surface area (Å²) < 4.78 is 6.40. The van der Waals surface area contributed by atoms with Crippen LogP contribution in [-0.2, 0) is 17.7 Å². The first-order valence-electron chi connectivity index (χ1n) is 7.73. The average Bonchev–Trinajstić information content (AvgIpc) is 2.61. The van der Waals surface area contributed by atoms with Crippen molar-refractivity contribution in [3.05, 3.63) is 75.8 Å². The van der Waals surface area contributed by atoms with Gasteiger partial charge in [0.2, 0.25) is 0 Å². The molecule has 2 aromatic heterocycles. The van der Waals surface area contributed by atoms with Crippen LogP contribution in [0.5, 0.6) is 0 Å². The van der Waals surface area contributed by atoms with Gasteiger partial charge in [-0.05, 0) is 31.0 Å². The van der Waals surface area contributed by atoms with Crippen molar-refractivity contribution >= 4 is 16.9 Å². The van der Waals surface area contributed by atoms with E-state index in [0.29, 0.717) is 28.7 Å². The van der Waals surface area contributed by atoms with Gasteiger partial charge in [-0.25, -0.2) is 4.79 Å². The summed E-state index contributed by atoms with van der Waals surface area (Å²) in [4.78, 5) is 28.9. The predicted molar refractivity (Wildman–Crippen MR) is 92.2 cm³/mol. The van der Waals surface area contributed by atoms with Gasteiger partial charge in [-0.3, -0.25) is 9.78 Å². The highest BCUT2D eigenvalue weighted by atomic mass is 16.5. The molecule has 0 aliphatic heterocycles. The number of carbonyl (C=O) groups is 1. The number of methoxy groups -OCH3 is 1. The number of fused-ring (bicyclic) bond motifs is 1. The number of hydrogen-bond acceptors (Lipinski definition) is 4. The topological polar surface area (TPSA) is 61.2 Å². The molecule has 0 fully saturated rings. The molecule has 5 nitrogen and oxygen atoms in total. The summed E-state index contributed by atoms with van der Waals surface area (Å²) >= 11 is 0. The number of hydrogen-bond donors (Lipinski definition) is 0. The van der Waals surface area contributed by atoms with Crippen molar-refractivity contribution in [1.82, 2.24) is 9.55 Å². The summed E-state index contributed by atoms with van der Waals surface area (Å²) in [5.74, 6) is -0.485. The zero-order valence-electron chi connectivity index (χ0n) is 13.7. The number of carbonyl (C=O) groups excluding carboxylic acids is 1. The highest BCUT2D eigenvalue weighted by Gasteiger charge is 2.14. The van der Waals surface area contributed by atoms with E-state index in [4.69, 9.17) is 4.74 Å². The minimum atomic E-state index is -0.485. The first kappa shape index (κ1) is 15.9. The third-order valence-electron chi connectivity index (χ3n) is 4.04. The van der Waals surface area contributed by atoms with Gasteiger partial charge in [0, 0.05) is 12.7 Å². The molecular weight excluding hydrogens is 304 g/mol. The SMILES string of the molecule is COC(=O)c1cc2c(=O)n(CCc3ccccc3)ccc2nc1C. The van der Waals surface area contributed by atoms with E-state index in [9.17, 15) is 9.59 Å². The van der Waals surface area contributed by atoms with Crippen LogP contribution in [0.2, 0.25) is 0 Å². The maximum atomic E-state index is 12.7. The second kappa shape index (κ2) is 6.66. The van der Waals surface area contributed by atoms with Crippen molar-refractivity contribution in [2.24, 2.45) is 0 Å². The molecule has 3 rings (SSSR count). The summed E-state index contributed by atoms with van der Waals surface area (Å²) in [5, 5.41) is 0.427. The first-order chi connectivity index (χ1) is 11.6. The Morgan fingerprint density at radius 1 is 1.21 bits per heavy atom. The van der Waals surface area contributed by atoms with Gasteiger partial charge in [0.15, 0.2) is 0 Å². The lowest BCUT2D eigenvalue weighted by Gasteiger charge is -2.09. The highest BCUT2D eigenvalue weighted by molar-refractivity contribution is 5.94. The fourth-order valence-electron chi connectivity index (χ4n) is 2.69. The number of esters is 1. The zero-order valence-corrected chi connectivity index (χ0v) is 13.7. The normalized spacial score (nSPS) is 10.8. The molecule has 122 valence electrons. The van der Waals surface area contributed by atoms with Crippen molar-refractivity contribution < 1.29 is 9.53 Å². The maximum Gasteiger partial charge on any atom is 0.339 e. The third-order valence-corrected chi connectivity index (χ3v) is 4.04. The Balaban J connectivity index is 1.99. The van der Waals surface area contributed by atoms with E-state index in [1.807, 2.05) is 30.3 Å². The molecule has 0 N–H and O–H groups in total. The Labute approximate surface area is 139 Å². The number of ether oxygens (including phenoxy) is 1. The molecule has 2 heterocycles. The molecule has 1 aromatic carbocycles. The predicted octanol–water partition coefficient (Wildman–Crippen LogP) is 2.73. The molecule has 0 aliphatic carbocycles. The van der Waals surface area contributed by atoms with E-state index < -0.39 is 5.97 Å². The molecular formula is C19H18N2O3. The number of aryl methyl sites for hydroxylation is 3. The number of rotatable bonds is 4. The lowest BCUT2D eigenvalue weighted by molar-refractivity contribution is 0.0599. The highest BCUT2D eigenvalue weighted by Crippen LogP contribution is 2.14. The smallest absolute Gasteiger partial charge is 0.339 e. The Kier molecular flexibility index (Phi) is 4.42. The maximum absolute atomic E-state index is 12.7. The van der Waals surface area contributed by atoms with Crippen LogP contribution in [-0.4, -0.2) is 22.6 Å². The van der Waals surface area contributed by atoms with Gasteiger partial charge in [0.25, 0.3) is 5.56 Å². The lowest BCUT2D eigenvalue weighted by atomic mass is 10.1. The van der Waals surface area contributed by atoms with Gasteiger partial charge < -0.3 is 9.30 Å². The Morgan fingerprint density at radius 3 is 2.67 bits per heavy atom. The molecule has 0 bridgehead atoms. The molecule has 0 aliphatic rings. The quantitative estimate of drug-likeness (QED) is 0.693.